The molecule has 1 aromatic heterocycles. The first-order valence-electron chi connectivity index (χ1n) is 6.09. The summed E-state index contributed by atoms with van der Waals surface area (Å²) < 4.78 is 27.0. The van der Waals surface area contributed by atoms with E-state index in [2.05, 4.69) is 14.9 Å². The molecule has 0 unspecified atom stereocenters. The van der Waals surface area contributed by atoms with E-state index in [9.17, 15) is 8.42 Å². The Morgan fingerprint density at radius 3 is 2.70 bits per heavy atom. The lowest BCUT2D eigenvalue weighted by atomic mass is 10.1. The van der Waals surface area contributed by atoms with Gasteiger partial charge in [-0.05, 0) is 36.2 Å². The van der Waals surface area contributed by atoms with Crippen molar-refractivity contribution in [3.05, 3.63) is 53.3 Å². The minimum absolute atomic E-state index is 0.105. The van der Waals surface area contributed by atoms with Crippen LogP contribution in [0.2, 0.25) is 0 Å². The lowest BCUT2D eigenvalue weighted by Crippen LogP contribution is -2.24. The molecular formula is C13H16N4O2S. The highest BCUT2D eigenvalue weighted by Crippen LogP contribution is 2.16. The van der Waals surface area contributed by atoms with Gasteiger partial charge in [-0.2, -0.15) is 10.2 Å². The highest BCUT2D eigenvalue weighted by Gasteiger charge is 2.16. The van der Waals surface area contributed by atoms with Gasteiger partial charge in [-0.1, -0.05) is 12.1 Å². The zero-order chi connectivity index (χ0) is 14.6. The molecule has 1 heterocycles. The summed E-state index contributed by atoms with van der Waals surface area (Å²) in [6, 6.07) is 8.47. The van der Waals surface area contributed by atoms with Gasteiger partial charge in [0.2, 0.25) is 10.0 Å². The van der Waals surface area contributed by atoms with E-state index in [1.54, 1.807) is 37.3 Å². The molecule has 0 saturated carbocycles. The maximum Gasteiger partial charge on any atom is 0.241 e. The van der Waals surface area contributed by atoms with Crippen LogP contribution >= 0.6 is 0 Å². The summed E-state index contributed by atoms with van der Waals surface area (Å²) in [5, 5.41) is 7.53. The van der Waals surface area contributed by atoms with E-state index in [4.69, 9.17) is 5.73 Å². The summed E-state index contributed by atoms with van der Waals surface area (Å²) in [5.41, 5.74) is 7.66. The van der Waals surface area contributed by atoms with Gasteiger partial charge in [0, 0.05) is 12.7 Å². The number of nitrogens with one attached hydrogen (secondary N) is 1. The molecule has 0 atom stereocenters. The van der Waals surface area contributed by atoms with Gasteiger partial charge < -0.3 is 5.73 Å². The first kappa shape index (κ1) is 14.6. The van der Waals surface area contributed by atoms with Gasteiger partial charge >= 0.3 is 0 Å². The average Bonchev–Trinajstić information content (AvgIpc) is 2.46. The standard InChI is InChI=1S/C13H16N4O2S/c1-10-7-11(8-14)4-5-13(10)20(18,19)16-9-12-3-2-6-15-17-12/h2-7,16H,8-9,14H2,1H3. The number of aryl methyl sites for hydroxylation is 1. The number of rotatable bonds is 5. The van der Waals surface area contributed by atoms with E-state index in [0.717, 1.165) is 5.56 Å². The summed E-state index contributed by atoms with van der Waals surface area (Å²) in [7, 11) is -3.57. The highest BCUT2D eigenvalue weighted by atomic mass is 32.2. The summed E-state index contributed by atoms with van der Waals surface area (Å²) in [6.45, 7) is 2.23. The van der Waals surface area contributed by atoms with Crippen molar-refractivity contribution < 1.29 is 8.42 Å². The van der Waals surface area contributed by atoms with Crippen LogP contribution in [0.4, 0.5) is 0 Å². The van der Waals surface area contributed by atoms with Crippen molar-refractivity contribution in [2.75, 3.05) is 0 Å². The van der Waals surface area contributed by atoms with Gasteiger partial charge in [0.15, 0.2) is 0 Å². The minimum Gasteiger partial charge on any atom is -0.326 e. The number of aromatic nitrogens is 2. The Labute approximate surface area is 118 Å². The number of nitrogens with two attached hydrogens (primary N) is 1. The molecule has 0 amide bonds. The quantitative estimate of drug-likeness (QED) is 0.846. The molecule has 0 aliphatic rings. The minimum atomic E-state index is -3.57. The summed E-state index contributed by atoms with van der Waals surface area (Å²) in [5.74, 6) is 0. The fourth-order valence-corrected chi connectivity index (χ4v) is 3.04. The third kappa shape index (κ3) is 3.38. The van der Waals surface area contributed by atoms with Crippen LogP contribution in [0.25, 0.3) is 0 Å². The molecule has 6 nitrogen and oxygen atoms in total. The second-order valence-electron chi connectivity index (χ2n) is 4.34. The fourth-order valence-electron chi connectivity index (χ4n) is 1.81. The van der Waals surface area contributed by atoms with Gasteiger partial charge in [0.05, 0.1) is 17.1 Å². The average molecular weight is 292 g/mol. The summed E-state index contributed by atoms with van der Waals surface area (Å²) in [6.07, 6.45) is 1.54. The third-order valence-electron chi connectivity index (χ3n) is 2.84. The van der Waals surface area contributed by atoms with Crippen LogP contribution in [0.15, 0.2) is 41.4 Å². The van der Waals surface area contributed by atoms with Crippen LogP contribution in [0.3, 0.4) is 0 Å². The van der Waals surface area contributed by atoms with Crippen molar-refractivity contribution in [3.8, 4) is 0 Å². The molecule has 0 aliphatic carbocycles. The predicted molar refractivity (Wildman–Crippen MR) is 75.1 cm³/mol. The lowest BCUT2D eigenvalue weighted by molar-refractivity contribution is 0.579. The van der Waals surface area contributed by atoms with Gasteiger partial charge in [-0.25, -0.2) is 13.1 Å². The van der Waals surface area contributed by atoms with Gasteiger partial charge in [0.1, 0.15) is 0 Å². The Hall–Kier alpha value is -1.83. The molecular weight excluding hydrogens is 276 g/mol. The zero-order valence-electron chi connectivity index (χ0n) is 11.1. The van der Waals surface area contributed by atoms with Gasteiger partial charge in [-0.3, -0.25) is 0 Å². The Morgan fingerprint density at radius 2 is 2.10 bits per heavy atom. The summed E-state index contributed by atoms with van der Waals surface area (Å²) >= 11 is 0. The molecule has 0 aliphatic heterocycles. The molecule has 0 spiro atoms. The predicted octanol–water partition coefficient (Wildman–Crippen LogP) is 0.722. The van der Waals surface area contributed by atoms with Crippen molar-refractivity contribution in [1.82, 2.24) is 14.9 Å². The molecule has 0 saturated heterocycles. The van der Waals surface area contributed by atoms with Crippen LogP contribution < -0.4 is 10.5 Å². The van der Waals surface area contributed by atoms with E-state index >= 15 is 0 Å². The van der Waals surface area contributed by atoms with Crippen molar-refractivity contribution in [2.45, 2.75) is 24.9 Å². The van der Waals surface area contributed by atoms with Crippen molar-refractivity contribution in [2.24, 2.45) is 5.73 Å². The second kappa shape index (κ2) is 6.08. The Kier molecular flexibility index (Phi) is 4.43. The van der Waals surface area contributed by atoms with Crippen molar-refractivity contribution in [1.29, 1.82) is 0 Å². The first-order valence-corrected chi connectivity index (χ1v) is 7.57. The van der Waals surface area contributed by atoms with Crippen LogP contribution in [0.5, 0.6) is 0 Å². The molecule has 7 heteroatoms. The van der Waals surface area contributed by atoms with Gasteiger partial charge in [-0.15, -0.1) is 0 Å². The second-order valence-corrected chi connectivity index (χ2v) is 6.08. The maximum atomic E-state index is 12.2. The molecule has 2 aromatic rings. The van der Waals surface area contributed by atoms with Crippen LogP contribution in [0, 0.1) is 6.92 Å². The van der Waals surface area contributed by atoms with E-state index in [0.29, 0.717) is 17.8 Å². The van der Waals surface area contributed by atoms with Gasteiger partial charge in [0.25, 0.3) is 0 Å². The van der Waals surface area contributed by atoms with E-state index in [-0.39, 0.29) is 11.4 Å². The topological polar surface area (TPSA) is 98.0 Å². The number of hydrogen-bond acceptors (Lipinski definition) is 5. The Morgan fingerprint density at radius 1 is 1.30 bits per heavy atom. The molecule has 20 heavy (non-hydrogen) atoms. The molecule has 0 fully saturated rings. The molecule has 0 bridgehead atoms. The van der Waals surface area contributed by atoms with Crippen LogP contribution in [-0.2, 0) is 23.1 Å². The number of benzene rings is 1. The maximum absolute atomic E-state index is 12.2. The van der Waals surface area contributed by atoms with Crippen molar-refractivity contribution in [3.63, 3.8) is 0 Å². The lowest BCUT2D eigenvalue weighted by Gasteiger charge is -2.10. The SMILES string of the molecule is Cc1cc(CN)ccc1S(=O)(=O)NCc1cccnn1. The van der Waals surface area contributed by atoms with Crippen molar-refractivity contribution >= 4 is 10.0 Å². The van der Waals surface area contributed by atoms with E-state index < -0.39 is 10.0 Å². The first-order chi connectivity index (χ1) is 9.53. The normalized spacial score (nSPS) is 11.5. The number of nitrogens with zero attached hydrogens (tertiary/aromatic N) is 2. The number of sulfonamides is 1. The molecule has 2 rings (SSSR count). The molecule has 106 valence electrons. The fraction of sp³-hybridized carbons (Fsp3) is 0.231. The zero-order valence-corrected chi connectivity index (χ0v) is 11.9. The van der Waals surface area contributed by atoms with E-state index in [1.807, 2.05) is 0 Å². The van der Waals surface area contributed by atoms with Crippen LogP contribution in [-0.4, -0.2) is 18.6 Å². The Bertz CT molecular complexity index is 687. The number of hydrogen-bond donors (Lipinski definition) is 2. The third-order valence-corrected chi connectivity index (χ3v) is 4.40. The molecule has 3 N–H and O–H groups in total. The highest BCUT2D eigenvalue weighted by molar-refractivity contribution is 7.89. The van der Waals surface area contributed by atoms with Crippen LogP contribution in [0.1, 0.15) is 16.8 Å². The summed E-state index contributed by atoms with van der Waals surface area (Å²) in [4.78, 5) is 0.249. The smallest absolute Gasteiger partial charge is 0.241 e. The largest absolute Gasteiger partial charge is 0.326 e. The molecule has 1 aromatic carbocycles. The molecule has 0 radical (unpaired) electrons. The Balaban J connectivity index is 2.18. The van der Waals surface area contributed by atoms with E-state index in [1.165, 1.54) is 6.20 Å². The monoisotopic (exact) mass is 292 g/mol.